The van der Waals surface area contributed by atoms with E-state index in [0.717, 1.165) is 42.0 Å². The SMILES string of the molecule is CCCCc1nc(-c2ccccc2Cl)c(CO)n1C. The molecule has 4 heteroatoms. The van der Waals surface area contributed by atoms with Crippen LogP contribution in [0.3, 0.4) is 0 Å². The molecular formula is C15H19ClN2O. The van der Waals surface area contributed by atoms with Crippen LogP contribution in [0.2, 0.25) is 5.02 Å². The van der Waals surface area contributed by atoms with Crippen molar-refractivity contribution in [3.05, 3.63) is 40.8 Å². The van der Waals surface area contributed by atoms with Crippen LogP contribution in [0.15, 0.2) is 24.3 Å². The van der Waals surface area contributed by atoms with Crippen LogP contribution in [0.4, 0.5) is 0 Å². The number of aliphatic hydroxyl groups is 1. The molecule has 102 valence electrons. The van der Waals surface area contributed by atoms with E-state index in [4.69, 9.17) is 11.6 Å². The third kappa shape index (κ3) is 2.82. The molecule has 0 spiro atoms. The molecule has 0 aliphatic carbocycles. The normalized spacial score (nSPS) is 10.9. The summed E-state index contributed by atoms with van der Waals surface area (Å²) in [6.45, 7) is 2.13. The molecule has 2 rings (SSSR count). The largest absolute Gasteiger partial charge is 0.390 e. The Balaban J connectivity index is 2.48. The lowest BCUT2D eigenvalue weighted by Gasteiger charge is -2.05. The highest BCUT2D eigenvalue weighted by Crippen LogP contribution is 2.30. The molecule has 2 aromatic rings. The molecule has 0 atom stereocenters. The van der Waals surface area contributed by atoms with Crippen LogP contribution in [0, 0.1) is 0 Å². The van der Waals surface area contributed by atoms with Gasteiger partial charge in [0.15, 0.2) is 0 Å². The highest BCUT2D eigenvalue weighted by molar-refractivity contribution is 6.33. The summed E-state index contributed by atoms with van der Waals surface area (Å²) in [5, 5.41) is 10.3. The Hall–Kier alpha value is -1.32. The van der Waals surface area contributed by atoms with Crippen molar-refractivity contribution >= 4 is 11.6 Å². The van der Waals surface area contributed by atoms with E-state index in [2.05, 4.69) is 11.9 Å². The minimum atomic E-state index is -0.0316. The van der Waals surface area contributed by atoms with Gasteiger partial charge in [-0.25, -0.2) is 4.98 Å². The lowest BCUT2D eigenvalue weighted by molar-refractivity contribution is 0.273. The van der Waals surface area contributed by atoms with Gasteiger partial charge >= 0.3 is 0 Å². The van der Waals surface area contributed by atoms with E-state index in [1.165, 1.54) is 0 Å². The van der Waals surface area contributed by atoms with Gasteiger partial charge in [0.25, 0.3) is 0 Å². The van der Waals surface area contributed by atoms with Crippen LogP contribution in [-0.4, -0.2) is 14.7 Å². The molecule has 0 bridgehead atoms. The first-order valence-corrected chi connectivity index (χ1v) is 6.97. The summed E-state index contributed by atoms with van der Waals surface area (Å²) >= 11 is 6.22. The lowest BCUT2D eigenvalue weighted by Crippen LogP contribution is -2.02. The minimum Gasteiger partial charge on any atom is -0.390 e. The Labute approximate surface area is 118 Å². The second-order valence-corrected chi connectivity index (χ2v) is 5.03. The second-order valence-electron chi connectivity index (χ2n) is 4.62. The van der Waals surface area contributed by atoms with Gasteiger partial charge in [-0.15, -0.1) is 0 Å². The predicted octanol–water partition coefficient (Wildman–Crippen LogP) is 3.58. The lowest BCUT2D eigenvalue weighted by atomic mass is 10.1. The van der Waals surface area contributed by atoms with Crippen molar-refractivity contribution in [3.63, 3.8) is 0 Å². The molecule has 0 aliphatic heterocycles. The van der Waals surface area contributed by atoms with Crippen molar-refractivity contribution < 1.29 is 5.11 Å². The highest BCUT2D eigenvalue weighted by Gasteiger charge is 2.16. The standard InChI is InChI=1S/C15H19ClN2O/c1-3-4-9-14-17-15(13(10-19)18(14)2)11-7-5-6-8-12(11)16/h5-8,19H,3-4,9-10H2,1-2H3. The number of aryl methyl sites for hydroxylation is 1. The molecule has 1 heterocycles. The number of imidazole rings is 1. The number of rotatable bonds is 5. The number of hydrogen-bond donors (Lipinski definition) is 1. The van der Waals surface area contributed by atoms with Gasteiger partial charge in [0.1, 0.15) is 5.82 Å². The molecule has 1 aromatic heterocycles. The summed E-state index contributed by atoms with van der Waals surface area (Å²) in [7, 11) is 1.95. The van der Waals surface area contributed by atoms with Gasteiger partial charge in [0, 0.05) is 19.0 Å². The number of nitrogens with zero attached hydrogens (tertiary/aromatic N) is 2. The quantitative estimate of drug-likeness (QED) is 0.908. The summed E-state index contributed by atoms with van der Waals surface area (Å²) in [6.07, 6.45) is 3.14. The van der Waals surface area contributed by atoms with Crippen LogP contribution in [-0.2, 0) is 20.1 Å². The number of benzene rings is 1. The fourth-order valence-electron chi connectivity index (χ4n) is 2.19. The maximum Gasteiger partial charge on any atom is 0.109 e. The van der Waals surface area contributed by atoms with Crippen molar-refractivity contribution in [3.8, 4) is 11.3 Å². The smallest absolute Gasteiger partial charge is 0.109 e. The van der Waals surface area contributed by atoms with Crippen molar-refractivity contribution in [2.45, 2.75) is 32.8 Å². The van der Waals surface area contributed by atoms with E-state index in [1.807, 2.05) is 35.9 Å². The fourth-order valence-corrected chi connectivity index (χ4v) is 2.42. The first-order valence-electron chi connectivity index (χ1n) is 6.59. The van der Waals surface area contributed by atoms with E-state index in [9.17, 15) is 5.11 Å². The average molecular weight is 279 g/mol. The number of halogens is 1. The molecule has 0 radical (unpaired) electrons. The topological polar surface area (TPSA) is 38.1 Å². The molecule has 0 saturated heterocycles. The number of unbranched alkanes of at least 4 members (excludes halogenated alkanes) is 1. The summed E-state index contributed by atoms with van der Waals surface area (Å²) in [6, 6.07) is 7.61. The van der Waals surface area contributed by atoms with Gasteiger partial charge in [-0.05, 0) is 12.5 Å². The number of hydrogen-bond acceptors (Lipinski definition) is 2. The van der Waals surface area contributed by atoms with E-state index in [-0.39, 0.29) is 6.61 Å². The maximum atomic E-state index is 9.59. The first-order chi connectivity index (χ1) is 9.19. The van der Waals surface area contributed by atoms with E-state index >= 15 is 0 Å². The molecule has 3 nitrogen and oxygen atoms in total. The molecule has 1 aromatic carbocycles. The fraction of sp³-hybridized carbons (Fsp3) is 0.400. The van der Waals surface area contributed by atoms with Gasteiger partial charge in [-0.1, -0.05) is 43.1 Å². The number of aliphatic hydroxyl groups excluding tert-OH is 1. The summed E-state index contributed by atoms with van der Waals surface area (Å²) in [4.78, 5) is 4.67. The summed E-state index contributed by atoms with van der Waals surface area (Å²) < 4.78 is 1.98. The third-order valence-electron chi connectivity index (χ3n) is 3.34. The van der Waals surface area contributed by atoms with Crippen molar-refractivity contribution in [2.75, 3.05) is 0 Å². The average Bonchev–Trinajstić information content (AvgIpc) is 2.73. The summed E-state index contributed by atoms with van der Waals surface area (Å²) in [5.41, 5.74) is 2.49. The Morgan fingerprint density at radius 3 is 2.68 bits per heavy atom. The van der Waals surface area contributed by atoms with Crippen molar-refractivity contribution in [2.24, 2.45) is 7.05 Å². The van der Waals surface area contributed by atoms with Crippen molar-refractivity contribution in [1.82, 2.24) is 9.55 Å². The van der Waals surface area contributed by atoms with Gasteiger partial charge in [-0.2, -0.15) is 0 Å². The van der Waals surface area contributed by atoms with Crippen LogP contribution >= 0.6 is 11.6 Å². The Bertz CT molecular complexity index is 563. The highest BCUT2D eigenvalue weighted by atomic mass is 35.5. The predicted molar refractivity (Wildman–Crippen MR) is 78.2 cm³/mol. The van der Waals surface area contributed by atoms with Gasteiger partial charge in [0.05, 0.1) is 23.0 Å². The van der Waals surface area contributed by atoms with E-state index in [0.29, 0.717) is 5.02 Å². The van der Waals surface area contributed by atoms with Gasteiger partial charge < -0.3 is 9.67 Å². The molecule has 0 unspecified atom stereocenters. The Morgan fingerprint density at radius 1 is 1.32 bits per heavy atom. The monoisotopic (exact) mass is 278 g/mol. The Morgan fingerprint density at radius 2 is 2.05 bits per heavy atom. The summed E-state index contributed by atoms with van der Waals surface area (Å²) in [5.74, 6) is 1.00. The van der Waals surface area contributed by atoms with Gasteiger partial charge in [-0.3, -0.25) is 0 Å². The molecular weight excluding hydrogens is 260 g/mol. The zero-order chi connectivity index (χ0) is 13.8. The number of aromatic nitrogens is 2. The van der Waals surface area contributed by atoms with Crippen LogP contribution in [0.5, 0.6) is 0 Å². The van der Waals surface area contributed by atoms with Crippen LogP contribution in [0.1, 0.15) is 31.3 Å². The second kappa shape index (κ2) is 6.22. The van der Waals surface area contributed by atoms with E-state index in [1.54, 1.807) is 0 Å². The molecule has 0 amide bonds. The first kappa shape index (κ1) is 14.1. The zero-order valence-electron chi connectivity index (χ0n) is 11.4. The maximum absolute atomic E-state index is 9.59. The molecule has 0 aliphatic rings. The van der Waals surface area contributed by atoms with Crippen LogP contribution in [0.25, 0.3) is 11.3 Å². The third-order valence-corrected chi connectivity index (χ3v) is 3.67. The molecule has 1 N–H and O–H groups in total. The zero-order valence-corrected chi connectivity index (χ0v) is 12.1. The van der Waals surface area contributed by atoms with Crippen molar-refractivity contribution in [1.29, 1.82) is 0 Å². The molecule has 19 heavy (non-hydrogen) atoms. The van der Waals surface area contributed by atoms with E-state index < -0.39 is 0 Å². The molecule has 0 saturated carbocycles. The molecule has 0 fully saturated rings. The van der Waals surface area contributed by atoms with Gasteiger partial charge in [0.2, 0.25) is 0 Å². The minimum absolute atomic E-state index is 0.0316. The Kier molecular flexibility index (Phi) is 4.61. The van der Waals surface area contributed by atoms with Crippen LogP contribution < -0.4 is 0 Å².